The average molecular weight is 470 g/mol. The molecule has 0 aliphatic carbocycles. The fourth-order valence-corrected chi connectivity index (χ4v) is 2.95. The van der Waals surface area contributed by atoms with E-state index in [1.807, 2.05) is 0 Å². The van der Waals surface area contributed by atoms with Crippen molar-refractivity contribution in [3.05, 3.63) is 104 Å². The normalized spacial score (nSPS) is 11.0. The van der Waals surface area contributed by atoms with Crippen LogP contribution in [0.3, 0.4) is 0 Å². The van der Waals surface area contributed by atoms with Crippen molar-refractivity contribution >= 4 is 39.5 Å². The van der Waals surface area contributed by atoms with E-state index in [1.165, 1.54) is 30.5 Å². The molecule has 0 radical (unpaired) electrons. The third-order valence-electron chi connectivity index (χ3n) is 3.97. The monoisotopic (exact) mass is 469 g/mol. The minimum Gasteiger partial charge on any atom is -0.467 e. The van der Waals surface area contributed by atoms with Crippen LogP contribution in [0.15, 0.2) is 81.5 Å². The Morgan fingerprint density at radius 3 is 2.60 bits per heavy atom. The third kappa shape index (κ3) is 5.65. The molecule has 8 nitrogen and oxygen atoms in total. The molecule has 0 aliphatic heterocycles. The molecule has 9 heteroatoms. The Kier molecular flexibility index (Phi) is 6.76. The standard InChI is InChI=1S/C21H16BrN3O5/c22-16-6-2-5-15(12-16)20(26)24-19(21(27)23-13-18-8-3-9-30-18)11-14-4-1-7-17(10-14)25(28)29/h1-12H,13H2,(H,23,27)(H,24,26)/b19-11-. The number of nitrogens with zero attached hydrogens (tertiary/aromatic N) is 1. The molecule has 1 aromatic heterocycles. The summed E-state index contributed by atoms with van der Waals surface area (Å²) in [6.07, 6.45) is 2.86. The molecule has 0 unspecified atom stereocenters. The van der Waals surface area contributed by atoms with E-state index >= 15 is 0 Å². The first kappa shape index (κ1) is 21.0. The van der Waals surface area contributed by atoms with Gasteiger partial charge in [-0.25, -0.2) is 0 Å². The van der Waals surface area contributed by atoms with Crippen LogP contribution in [-0.4, -0.2) is 16.7 Å². The van der Waals surface area contributed by atoms with Gasteiger partial charge in [0.15, 0.2) is 0 Å². The Hall–Kier alpha value is -3.72. The van der Waals surface area contributed by atoms with Gasteiger partial charge in [0.1, 0.15) is 11.5 Å². The van der Waals surface area contributed by atoms with Crippen LogP contribution in [0.4, 0.5) is 5.69 Å². The Morgan fingerprint density at radius 1 is 1.10 bits per heavy atom. The Balaban J connectivity index is 1.87. The van der Waals surface area contributed by atoms with Crippen LogP contribution in [0.2, 0.25) is 0 Å². The molecule has 0 fully saturated rings. The van der Waals surface area contributed by atoms with Crippen LogP contribution in [0.5, 0.6) is 0 Å². The van der Waals surface area contributed by atoms with E-state index in [4.69, 9.17) is 4.42 Å². The van der Waals surface area contributed by atoms with Crippen LogP contribution in [0, 0.1) is 10.1 Å². The number of carbonyl (C=O) groups is 2. The van der Waals surface area contributed by atoms with Gasteiger partial charge in [-0.15, -0.1) is 0 Å². The second-order valence-electron chi connectivity index (χ2n) is 6.14. The first-order valence-electron chi connectivity index (χ1n) is 8.76. The zero-order valence-electron chi connectivity index (χ0n) is 15.5. The zero-order chi connectivity index (χ0) is 21.5. The highest BCUT2D eigenvalue weighted by Crippen LogP contribution is 2.16. The zero-order valence-corrected chi connectivity index (χ0v) is 17.1. The van der Waals surface area contributed by atoms with Crippen LogP contribution in [-0.2, 0) is 11.3 Å². The summed E-state index contributed by atoms with van der Waals surface area (Å²) in [6, 6.07) is 15.8. The molecule has 30 heavy (non-hydrogen) atoms. The van der Waals surface area contributed by atoms with Crippen molar-refractivity contribution in [1.29, 1.82) is 0 Å². The molecule has 152 valence electrons. The number of rotatable bonds is 7. The van der Waals surface area contributed by atoms with Crippen molar-refractivity contribution in [1.82, 2.24) is 10.6 Å². The Bertz CT molecular complexity index is 1110. The van der Waals surface area contributed by atoms with Crippen LogP contribution in [0.1, 0.15) is 21.7 Å². The van der Waals surface area contributed by atoms with Crippen LogP contribution < -0.4 is 10.6 Å². The van der Waals surface area contributed by atoms with Crippen molar-refractivity contribution in [2.24, 2.45) is 0 Å². The van der Waals surface area contributed by atoms with E-state index in [1.54, 1.807) is 42.5 Å². The Labute approximate surface area is 179 Å². The fourth-order valence-electron chi connectivity index (χ4n) is 2.55. The summed E-state index contributed by atoms with van der Waals surface area (Å²) in [7, 11) is 0. The number of hydrogen-bond donors (Lipinski definition) is 2. The number of carbonyl (C=O) groups excluding carboxylic acids is 2. The molecule has 0 saturated carbocycles. The van der Waals surface area contributed by atoms with Gasteiger partial charge in [0, 0.05) is 22.2 Å². The molecule has 0 bridgehead atoms. The molecular weight excluding hydrogens is 454 g/mol. The number of benzene rings is 2. The van der Waals surface area contributed by atoms with Gasteiger partial charge in [-0.1, -0.05) is 34.1 Å². The highest BCUT2D eigenvalue weighted by molar-refractivity contribution is 9.10. The minimum absolute atomic E-state index is 0.0629. The largest absolute Gasteiger partial charge is 0.467 e. The molecule has 3 rings (SSSR count). The number of halogens is 1. The molecule has 0 spiro atoms. The molecular formula is C21H16BrN3O5. The summed E-state index contributed by atoms with van der Waals surface area (Å²) in [5.74, 6) is -0.529. The molecule has 2 aromatic carbocycles. The predicted molar refractivity (Wildman–Crippen MR) is 113 cm³/mol. The first-order valence-corrected chi connectivity index (χ1v) is 9.55. The van der Waals surface area contributed by atoms with E-state index in [0.717, 1.165) is 0 Å². The molecule has 0 saturated heterocycles. The number of amides is 2. The topological polar surface area (TPSA) is 114 Å². The molecule has 2 N–H and O–H groups in total. The maximum atomic E-state index is 12.7. The smallest absolute Gasteiger partial charge is 0.270 e. The van der Waals surface area contributed by atoms with Crippen molar-refractivity contribution in [2.75, 3.05) is 0 Å². The van der Waals surface area contributed by atoms with E-state index < -0.39 is 16.7 Å². The quantitative estimate of drug-likeness (QED) is 0.307. The molecule has 0 atom stereocenters. The third-order valence-corrected chi connectivity index (χ3v) is 4.47. The number of non-ortho nitro benzene ring substituents is 1. The summed E-state index contributed by atoms with van der Waals surface area (Å²) in [5, 5.41) is 16.3. The van der Waals surface area contributed by atoms with Gasteiger partial charge in [-0.3, -0.25) is 19.7 Å². The van der Waals surface area contributed by atoms with Gasteiger partial charge in [-0.05, 0) is 42.0 Å². The first-order chi connectivity index (χ1) is 14.4. The van der Waals surface area contributed by atoms with Crippen molar-refractivity contribution in [2.45, 2.75) is 6.54 Å². The summed E-state index contributed by atoms with van der Waals surface area (Å²) in [6.45, 7) is 0.116. The van der Waals surface area contributed by atoms with E-state index in [2.05, 4.69) is 26.6 Å². The van der Waals surface area contributed by atoms with Crippen molar-refractivity contribution in [3.8, 4) is 0 Å². The lowest BCUT2D eigenvalue weighted by atomic mass is 10.1. The molecule has 0 aliphatic rings. The summed E-state index contributed by atoms with van der Waals surface area (Å²) >= 11 is 3.30. The summed E-state index contributed by atoms with van der Waals surface area (Å²) < 4.78 is 5.90. The van der Waals surface area contributed by atoms with Gasteiger partial charge < -0.3 is 15.1 Å². The van der Waals surface area contributed by atoms with Crippen LogP contribution in [0.25, 0.3) is 6.08 Å². The number of hydrogen-bond acceptors (Lipinski definition) is 5. The van der Waals surface area contributed by atoms with Crippen molar-refractivity contribution in [3.63, 3.8) is 0 Å². The van der Waals surface area contributed by atoms with Gasteiger partial charge in [0.05, 0.1) is 17.7 Å². The summed E-state index contributed by atoms with van der Waals surface area (Å²) in [4.78, 5) is 35.8. The van der Waals surface area contributed by atoms with E-state index in [-0.39, 0.29) is 17.9 Å². The molecule has 3 aromatic rings. The van der Waals surface area contributed by atoms with Gasteiger partial charge in [0.25, 0.3) is 17.5 Å². The second-order valence-corrected chi connectivity index (χ2v) is 7.05. The average Bonchev–Trinajstić information content (AvgIpc) is 3.25. The predicted octanol–water partition coefficient (Wildman–Crippen LogP) is 4.04. The highest BCUT2D eigenvalue weighted by Gasteiger charge is 2.16. The maximum absolute atomic E-state index is 12.7. The highest BCUT2D eigenvalue weighted by atomic mass is 79.9. The lowest BCUT2D eigenvalue weighted by Crippen LogP contribution is -2.34. The minimum atomic E-state index is -0.568. The Morgan fingerprint density at radius 2 is 1.90 bits per heavy atom. The van der Waals surface area contributed by atoms with Gasteiger partial charge >= 0.3 is 0 Å². The molecule has 1 heterocycles. The number of nitro groups is 1. The van der Waals surface area contributed by atoms with Gasteiger partial charge in [0.2, 0.25) is 0 Å². The van der Waals surface area contributed by atoms with E-state index in [0.29, 0.717) is 21.4 Å². The molecule has 2 amide bonds. The second kappa shape index (κ2) is 9.66. The maximum Gasteiger partial charge on any atom is 0.270 e. The van der Waals surface area contributed by atoms with Crippen molar-refractivity contribution < 1.29 is 18.9 Å². The SMILES string of the molecule is O=C(NCc1ccco1)/C(=C/c1cccc([N+](=O)[O-])c1)NC(=O)c1cccc(Br)c1. The van der Waals surface area contributed by atoms with E-state index in [9.17, 15) is 19.7 Å². The lowest BCUT2D eigenvalue weighted by Gasteiger charge is -2.11. The van der Waals surface area contributed by atoms with Gasteiger partial charge in [-0.2, -0.15) is 0 Å². The number of nitrogens with one attached hydrogen (secondary N) is 2. The number of nitro benzene ring substituents is 1. The lowest BCUT2D eigenvalue weighted by molar-refractivity contribution is -0.384. The van der Waals surface area contributed by atoms with Crippen LogP contribution >= 0.6 is 15.9 Å². The number of furan rings is 1. The summed E-state index contributed by atoms with van der Waals surface area (Å²) in [5.41, 5.74) is 0.541. The fraction of sp³-hybridized carbons (Fsp3) is 0.0476.